The number of hydrogen-bond acceptors (Lipinski definition) is 4. The zero-order valence-electron chi connectivity index (χ0n) is 10.3. The van der Waals surface area contributed by atoms with Crippen LogP contribution in [-0.2, 0) is 0 Å². The molecule has 0 unspecified atom stereocenters. The number of aromatic nitrogens is 1. The first-order chi connectivity index (χ1) is 7.81. The van der Waals surface area contributed by atoms with Gasteiger partial charge in [-0.1, -0.05) is 0 Å². The van der Waals surface area contributed by atoms with Gasteiger partial charge in [0.15, 0.2) is 0 Å². The molecule has 0 bridgehead atoms. The third-order valence-corrected chi connectivity index (χ3v) is 3.63. The van der Waals surface area contributed by atoms with Crippen LogP contribution >= 0.6 is 36.2 Å². The van der Waals surface area contributed by atoms with E-state index in [0.717, 1.165) is 32.5 Å². The van der Waals surface area contributed by atoms with E-state index in [2.05, 4.69) is 10.3 Å². The normalized spacial score (nSPS) is 15.7. The van der Waals surface area contributed by atoms with Crippen LogP contribution in [0.25, 0.3) is 0 Å². The standard InChI is InChI=1S/C11H17N3OS.2ClH/c1-12-6-9-2-4-14(5-3-9)11(15)10-7-16-8-13-10;;/h7-9,12H,2-6H2,1H3;2*1H. The lowest BCUT2D eigenvalue weighted by molar-refractivity contribution is 0.0686. The summed E-state index contributed by atoms with van der Waals surface area (Å²) in [5.74, 6) is 0.800. The van der Waals surface area contributed by atoms with E-state index in [4.69, 9.17) is 0 Å². The molecule has 1 aliphatic rings. The number of amides is 1. The molecule has 2 rings (SSSR count). The Morgan fingerprint density at radius 1 is 1.50 bits per heavy atom. The highest BCUT2D eigenvalue weighted by Gasteiger charge is 2.23. The summed E-state index contributed by atoms with van der Waals surface area (Å²) in [5.41, 5.74) is 2.30. The van der Waals surface area contributed by atoms with E-state index in [9.17, 15) is 4.79 Å². The Morgan fingerprint density at radius 2 is 2.17 bits per heavy atom. The number of rotatable bonds is 3. The highest BCUT2D eigenvalue weighted by Crippen LogP contribution is 2.18. The molecular weight excluding hydrogens is 293 g/mol. The van der Waals surface area contributed by atoms with Gasteiger partial charge < -0.3 is 10.2 Å². The van der Waals surface area contributed by atoms with Crippen LogP contribution < -0.4 is 5.32 Å². The predicted molar refractivity (Wildman–Crippen MR) is 79.2 cm³/mol. The number of piperidine rings is 1. The Bertz CT molecular complexity index is 340. The van der Waals surface area contributed by atoms with Gasteiger partial charge in [-0.2, -0.15) is 0 Å². The lowest BCUT2D eigenvalue weighted by Crippen LogP contribution is -2.40. The van der Waals surface area contributed by atoms with E-state index in [0.29, 0.717) is 11.6 Å². The first-order valence-electron chi connectivity index (χ1n) is 5.63. The second-order valence-electron chi connectivity index (χ2n) is 4.17. The molecule has 1 amide bonds. The number of carbonyl (C=O) groups excluding carboxylic acids is 1. The third-order valence-electron chi connectivity index (χ3n) is 3.05. The van der Waals surface area contributed by atoms with Gasteiger partial charge in [0.1, 0.15) is 5.69 Å². The number of likely N-dealkylation sites (tertiary alicyclic amines) is 1. The Balaban J connectivity index is 0.00000144. The first-order valence-corrected chi connectivity index (χ1v) is 6.57. The van der Waals surface area contributed by atoms with Gasteiger partial charge in [-0.15, -0.1) is 36.2 Å². The molecule has 0 saturated carbocycles. The molecule has 4 nitrogen and oxygen atoms in total. The molecule has 18 heavy (non-hydrogen) atoms. The molecule has 1 aromatic rings. The van der Waals surface area contributed by atoms with E-state index in [1.54, 1.807) is 5.51 Å². The molecule has 1 fully saturated rings. The lowest BCUT2D eigenvalue weighted by atomic mass is 9.97. The molecular formula is C11H19Cl2N3OS. The number of nitrogens with zero attached hydrogens (tertiary/aromatic N) is 2. The largest absolute Gasteiger partial charge is 0.337 e. The average Bonchev–Trinajstić information content (AvgIpc) is 2.83. The smallest absolute Gasteiger partial charge is 0.273 e. The van der Waals surface area contributed by atoms with Crippen LogP contribution in [0.1, 0.15) is 23.3 Å². The monoisotopic (exact) mass is 311 g/mol. The van der Waals surface area contributed by atoms with Gasteiger partial charge in [0.2, 0.25) is 0 Å². The minimum absolute atomic E-state index is 0. The second kappa shape index (κ2) is 8.69. The first kappa shape index (κ1) is 17.6. The second-order valence-corrected chi connectivity index (χ2v) is 4.89. The maximum atomic E-state index is 12.0. The van der Waals surface area contributed by atoms with Crippen molar-refractivity contribution < 1.29 is 4.79 Å². The number of hydrogen-bond donors (Lipinski definition) is 1. The van der Waals surface area contributed by atoms with E-state index >= 15 is 0 Å². The Kier molecular flexibility index (Phi) is 8.52. The van der Waals surface area contributed by atoms with Crippen molar-refractivity contribution in [2.45, 2.75) is 12.8 Å². The van der Waals surface area contributed by atoms with E-state index in [-0.39, 0.29) is 30.7 Å². The van der Waals surface area contributed by atoms with Crippen molar-refractivity contribution in [2.24, 2.45) is 5.92 Å². The zero-order valence-corrected chi connectivity index (χ0v) is 12.7. The summed E-state index contributed by atoms with van der Waals surface area (Å²) in [6.45, 7) is 2.78. The van der Waals surface area contributed by atoms with Crippen molar-refractivity contribution in [2.75, 3.05) is 26.7 Å². The van der Waals surface area contributed by atoms with Crippen molar-refractivity contribution >= 4 is 42.1 Å². The predicted octanol–water partition coefficient (Wildman–Crippen LogP) is 2.06. The minimum Gasteiger partial charge on any atom is -0.337 e. The van der Waals surface area contributed by atoms with Gasteiger partial charge in [0, 0.05) is 18.5 Å². The number of carbonyl (C=O) groups is 1. The topological polar surface area (TPSA) is 45.2 Å². The summed E-state index contributed by atoms with van der Waals surface area (Å²) >= 11 is 1.47. The molecule has 104 valence electrons. The van der Waals surface area contributed by atoms with Crippen LogP contribution in [0, 0.1) is 5.92 Å². The Hall–Kier alpha value is -0.360. The average molecular weight is 312 g/mol. The Morgan fingerprint density at radius 3 is 2.67 bits per heavy atom. The molecule has 0 aromatic carbocycles. The molecule has 1 aromatic heterocycles. The highest BCUT2D eigenvalue weighted by atomic mass is 35.5. The summed E-state index contributed by atoms with van der Waals surface area (Å²) in [7, 11) is 1.98. The zero-order chi connectivity index (χ0) is 11.4. The van der Waals surface area contributed by atoms with E-state index < -0.39 is 0 Å². The van der Waals surface area contributed by atoms with E-state index in [1.807, 2.05) is 17.3 Å². The fraction of sp³-hybridized carbons (Fsp3) is 0.636. The lowest BCUT2D eigenvalue weighted by Gasteiger charge is -2.31. The molecule has 1 aliphatic heterocycles. The van der Waals surface area contributed by atoms with Crippen molar-refractivity contribution in [1.29, 1.82) is 0 Å². The van der Waals surface area contributed by atoms with Gasteiger partial charge >= 0.3 is 0 Å². The van der Waals surface area contributed by atoms with Gasteiger partial charge in [-0.25, -0.2) is 4.98 Å². The van der Waals surface area contributed by atoms with Crippen molar-refractivity contribution in [3.63, 3.8) is 0 Å². The van der Waals surface area contributed by atoms with Gasteiger partial charge in [0.05, 0.1) is 5.51 Å². The maximum Gasteiger partial charge on any atom is 0.273 e. The summed E-state index contributed by atoms with van der Waals surface area (Å²) < 4.78 is 0. The van der Waals surface area contributed by atoms with Gasteiger partial charge in [-0.3, -0.25) is 4.79 Å². The van der Waals surface area contributed by atoms with Crippen molar-refractivity contribution in [3.8, 4) is 0 Å². The minimum atomic E-state index is 0. The van der Waals surface area contributed by atoms with Crippen LogP contribution in [0.2, 0.25) is 0 Å². The van der Waals surface area contributed by atoms with Crippen molar-refractivity contribution in [3.05, 3.63) is 16.6 Å². The summed E-state index contributed by atoms with van der Waals surface area (Å²) in [6.07, 6.45) is 2.19. The number of nitrogens with one attached hydrogen (secondary N) is 1. The fourth-order valence-corrected chi connectivity index (χ4v) is 2.63. The van der Waals surface area contributed by atoms with Crippen LogP contribution in [-0.4, -0.2) is 42.5 Å². The van der Waals surface area contributed by atoms with Crippen LogP contribution in [0.4, 0.5) is 0 Å². The van der Waals surface area contributed by atoms with Crippen molar-refractivity contribution in [1.82, 2.24) is 15.2 Å². The van der Waals surface area contributed by atoms with Crippen LogP contribution in [0.15, 0.2) is 10.9 Å². The number of halogens is 2. The quantitative estimate of drug-likeness (QED) is 0.929. The highest BCUT2D eigenvalue weighted by molar-refractivity contribution is 7.07. The summed E-state index contributed by atoms with van der Waals surface area (Å²) in [5, 5.41) is 5.02. The van der Waals surface area contributed by atoms with Gasteiger partial charge in [-0.05, 0) is 32.4 Å². The number of thiazole rings is 1. The third kappa shape index (κ3) is 4.39. The molecule has 1 N–H and O–H groups in total. The molecule has 0 radical (unpaired) electrons. The molecule has 2 heterocycles. The summed E-state index contributed by atoms with van der Waals surface area (Å²) in [6, 6.07) is 0. The SMILES string of the molecule is CNCC1CCN(C(=O)c2cscn2)CC1.Cl.Cl. The molecule has 7 heteroatoms. The maximum absolute atomic E-state index is 12.0. The van der Waals surface area contributed by atoms with E-state index in [1.165, 1.54) is 11.3 Å². The molecule has 1 saturated heterocycles. The Labute approximate surface area is 124 Å². The molecule has 0 aliphatic carbocycles. The summed E-state index contributed by atoms with van der Waals surface area (Å²) in [4.78, 5) is 18.0. The molecule has 0 atom stereocenters. The van der Waals surface area contributed by atoms with Crippen LogP contribution in [0.5, 0.6) is 0 Å². The fourth-order valence-electron chi connectivity index (χ4n) is 2.11. The molecule has 0 spiro atoms. The van der Waals surface area contributed by atoms with Crippen LogP contribution in [0.3, 0.4) is 0 Å². The van der Waals surface area contributed by atoms with Gasteiger partial charge in [0.25, 0.3) is 5.91 Å².